The van der Waals surface area contributed by atoms with Crippen molar-refractivity contribution in [2.24, 2.45) is 0 Å². The molecule has 0 aromatic rings. The second-order valence-electron chi connectivity index (χ2n) is 2.11. The largest absolute Gasteiger partial charge is 0.348 e. The molecular formula is C5H8O2. The van der Waals surface area contributed by atoms with Crippen LogP contribution in [0, 0.1) is 0 Å². The fraction of sp³-hybridized carbons (Fsp3) is 1.00. The maximum absolute atomic E-state index is 5.23. The summed E-state index contributed by atoms with van der Waals surface area (Å²) in [5.74, 6) is -0.0556. The third kappa shape index (κ3) is 0.469. The van der Waals surface area contributed by atoms with E-state index in [2.05, 4.69) is 0 Å². The first-order valence-corrected chi connectivity index (χ1v) is 2.69. The Morgan fingerprint density at radius 1 is 1.00 bits per heavy atom. The van der Waals surface area contributed by atoms with Gasteiger partial charge in [-0.2, -0.15) is 0 Å². The molecule has 40 valence electrons. The van der Waals surface area contributed by atoms with Crippen molar-refractivity contribution < 1.29 is 9.47 Å². The van der Waals surface area contributed by atoms with E-state index in [4.69, 9.17) is 9.47 Å². The molecule has 2 heteroatoms. The zero-order valence-corrected chi connectivity index (χ0v) is 4.14. The van der Waals surface area contributed by atoms with Crippen LogP contribution in [0.25, 0.3) is 0 Å². The topological polar surface area (TPSA) is 18.5 Å². The van der Waals surface area contributed by atoms with Crippen LogP contribution in [0.1, 0.15) is 12.8 Å². The molecule has 7 heavy (non-hydrogen) atoms. The molecule has 2 rings (SSSR count). The van der Waals surface area contributed by atoms with E-state index in [1.165, 1.54) is 0 Å². The number of hydrogen-bond acceptors (Lipinski definition) is 2. The van der Waals surface area contributed by atoms with E-state index in [1.54, 1.807) is 0 Å². The van der Waals surface area contributed by atoms with Gasteiger partial charge in [0.2, 0.25) is 0 Å². The third-order valence-electron chi connectivity index (χ3n) is 1.47. The van der Waals surface area contributed by atoms with Crippen molar-refractivity contribution in [3.63, 3.8) is 0 Å². The van der Waals surface area contributed by atoms with E-state index in [0.717, 1.165) is 26.1 Å². The Labute approximate surface area is 42.4 Å². The normalized spacial score (nSPS) is 34.3. The molecule has 2 nitrogen and oxygen atoms in total. The average molecular weight is 100 g/mol. The summed E-state index contributed by atoms with van der Waals surface area (Å²) in [4.78, 5) is 0. The molecule has 2 aliphatic rings. The lowest BCUT2D eigenvalue weighted by Gasteiger charge is -2.00. The molecule has 0 atom stereocenters. The zero-order chi connectivity index (χ0) is 4.74. The summed E-state index contributed by atoms with van der Waals surface area (Å²) in [6.07, 6.45) is 2.24. The molecule has 2 fully saturated rings. The van der Waals surface area contributed by atoms with Gasteiger partial charge in [-0.05, 0) is 0 Å². The predicted octanol–water partition coefficient (Wildman–Crippen LogP) is 0.523. The second kappa shape index (κ2) is 1.01. The van der Waals surface area contributed by atoms with Crippen molar-refractivity contribution >= 4 is 0 Å². The molecule has 1 aliphatic heterocycles. The van der Waals surface area contributed by atoms with E-state index < -0.39 is 0 Å². The third-order valence-corrected chi connectivity index (χ3v) is 1.47. The monoisotopic (exact) mass is 100 g/mol. The molecule has 0 aromatic carbocycles. The van der Waals surface area contributed by atoms with Crippen LogP contribution in [0.5, 0.6) is 0 Å². The summed E-state index contributed by atoms with van der Waals surface area (Å²) in [5, 5.41) is 0. The molecule has 1 saturated heterocycles. The fourth-order valence-electron chi connectivity index (χ4n) is 0.888. The lowest BCUT2D eigenvalue weighted by Crippen LogP contribution is -2.05. The standard InChI is InChI=1S/C5H8O2/c1-2-5(1)6-3-4-7-5/h1-4H2. The highest BCUT2D eigenvalue weighted by molar-refractivity contribution is 4.88. The van der Waals surface area contributed by atoms with Crippen LogP contribution >= 0.6 is 0 Å². The van der Waals surface area contributed by atoms with Crippen molar-refractivity contribution in [1.82, 2.24) is 0 Å². The number of hydrogen-bond donors (Lipinski definition) is 0. The molecular weight excluding hydrogens is 92.1 g/mol. The van der Waals surface area contributed by atoms with Crippen LogP contribution in [0.4, 0.5) is 0 Å². The van der Waals surface area contributed by atoms with Gasteiger partial charge in [-0.25, -0.2) is 0 Å². The molecule has 1 saturated carbocycles. The quantitative estimate of drug-likeness (QED) is 0.442. The molecule has 0 amide bonds. The maximum atomic E-state index is 5.23. The SMILES string of the molecule is C1COC2(CC2)O1. The lowest BCUT2D eigenvalue weighted by atomic mass is 10.7. The first kappa shape index (κ1) is 3.87. The minimum atomic E-state index is -0.0556. The van der Waals surface area contributed by atoms with Crippen LogP contribution in [0.15, 0.2) is 0 Å². The Balaban J connectivity index is 2.07. The summed E-state index contributed by atoms with van der Waals surface area (Å²) in [6, 6.07) is 0. The van der Waals surface area contributed by atoms with Gasteiger partial charge in [0, 0.05) is 12.8 Å². The van der Waals surface area contributed by atoms with Crippen molar-refractivity contribution in [2.45, 2.75) is 18.6 Å². The molecule has 0 radical (unpaired) electrons. The van der Waals surface area contributed by atoms with E-state index >= 15 is 0 Å². The summed E-state index contributed by atoms with van der Waals surface area (Å²) in [5.41, 5.74) is 0. The molecule has 1 spiro atoms. The van der Waals surface area contributed by atoms with Crippen LogP contribution in [-0.2, 0) is 9.47 Å². The lowest BCUT2D eigenvalue weighted by molar-refractivity contribution is -0.0682. The van der Waals surface area contributed by atoms with Gasteiger partial charge < -0.3 is 9.47 Å². The zero-order valence-electron chi connectivity index (χ0n) is 4.14. The van der Waals surface area contributed by atoms with Crippen LogP contribution in [-0.4, -0.2) is 19.0 Å². The van der Waals surface area contributed by atoms with Gasteiger partial charge in [0.05, 0.1) is 13.2 Å². The van der Waals surface area contributed by atoms with Crippen molar-refractivity contribution in [3.8, 4) is 0 Å². The highest BCUT2D eigenvalue weighted by atomic mass is 16.7. The minimum Gasteiger partial charge on any atom is -0.348 e. The van der Waals surface area contributed by atoms with Gasteiger partial charge in [-0.1, -0.05) is 0 Å². The molecule has 0 unspecified atom stereocenters. The van der Waals surface area contributed by atoms with Gasteiger partial charge in [0.25, 0.3) is 0 Å². The Morgan fingerprint density at radius 3 is 1.86 bits per heavy atom. The average Bonchev–Trinajstić information content (AvgIpc) is 2.15. The summed E-state index contributed by atoms with van der Waals surface area (Å²) >= 11 is 0. The van der Waals surface area contributed by atoms with Gasteiger partial charge >= 0.3 is 0 Å². The Morgan fingerprint density at radius 2 is 1.57 bits per heavy atom. The highest BCUT2D eigenvalue weighted by Gasteiger charge is 2.48. The van der Waals surface area contributed by atoms with E-state index in [-0.39, 0.29) is 5.79 Å². The molecule has 0 N–H and O–H groups in total. The second-order valence-corrected chi connectivity index (χ2v) is 2.11. The number of ether oxygens (including phenoxy) is 2. The summed E-state index contributed by atoms with van der Waals surface area (Å²) in [6.45, 7) is 1.61. The molecule has 0 bridgehead atoms. The van der Waals surface area contributed by atoms with Crippen molar-refractivity contribution in [1.29, 1.82) is 0 Å². The fourth-order valence-corrected chi connectivity index (χ4v) is 0.888. The smallest absolute Gasteiger partial charge is 0.168 e. The van der Waals surface area contributed by atoms with Crippen LogP contribution in [0.2, 0.25) is 0 Å². The Kier molecular flexibility index (Phi) is 0.557. The molecule has 0 aromatic heterocycles. The molecule has 1 heterocycles. The van der Waals surface area contributed by atoms with E-state index in [1.807, 2.05) is 0 Å². The van der Waals surface area contributed by atoms with Gasteiger partial charge in [0.1, 0.15) is 0 Å². The maximum Gasteiger partial charge on any atom is 0.168 e. The first-order valence-electron chi connectivity index (χ1n) is 2.69. The molecule has 1 aliphatic carbocycles. The Hall–Kier alpha value is -0.0800. The summed E-state index contributed by atoms with van der Waals surface area (Å²) in [7, 11) is 0. The van der Waals surface area contributed by atoms with Gasteiger partial charge in [-0.15, -0.1) is 0 Å². The highest BCUT2D eigenvalue weighted by Crippen LogP contribution is 2.43. The first-order chi connectivity index (χ1) is 3.41. The van der Waals surface area contributed by atoms with Crippen molar-refractivity contribution in [3.05, 3.63) is 0 Å². The minimum absolute atomic E-state index is 0.0556. The van der Waals surface area contributed by atoms with E-state index in [9.17, 15) is 0 Å². The van der Waals surface area contributed by atoms with Crippen LogP contribution < -0.4 is 0 Å². The summed E-state index contributed by atoms with van der Waals surface area (Å²) < 4.78 is 10.5. The Bertz CT molecular complexity index is 78.1. The van der Waals surface area contributed by atoms with Gasteiger partial charge in [-0.3, -0.25) is 0 Å². The van der Waals surface area contributed by atoms with Gasteiger partial charge in [0.15, 0.2) is 5.79 Å². The van der Waals surface area contributed by atoms with Crippen LogP contribution in [0.3, 0.4) is 0 Å². The number of rotatable bonds is 0. The van der Waals surface area contributed by atoms with E-state index in [0.29, 0.717) is 0 Å². The van der Waals surface area contributed by atoms with Crippen molar-refractivity contribution in [2.75, 3.05) is 13.2 Å². The predicted molar refractivity (Wildman–Crippen MR) is 23.9 cm³/mol.